The summed E-state index contributed by atoms with van der Waals surface area (Å²) < 4.78 is 11.4. The smallest absolute Gasteiger partial charge is 0.124 e. The molecule has 0 radical (unpaired) electrons. The van der Waals surface area contributed by atoms with Gasteiger partial charge >= 0.3 is 0 Å². The van der Waals surface area contributed by atoms with E-state index in [2.05, 4.69) is 13.8 Å². The van der Waals surface area contributed by atoms with E-state index in [4.69, 9.17) is 20.6 Å². The molecule has 0 saturated heterocycles. The third-order valence-corrected chi connectivity index (χ3v) is 4.62. The van der Waals surface area contributed by atoms with Crippen LogP contribution in [0.5, 0.6) is 5.75 Å². The lowest BCUT2D eigenvalue weighted by Gasteiger charge is -2.32. The molecule has 1 aliphatic rings. The number of hydrogen-bond acceptors (Lipinski definition) is 3. The van der Waals surface area contributed by atoms with Crippen LogP contribution >= 0.6 is 0 Å². The van der Waals surface area contributed by atoms with Gasteiger partial charge in [-0.2, -0.15) is 0 Å². The van der Waals surface area contributed by atoms with Gasteiger partial charge in [-0.05, 0) is 49.3 Å². The second kappa shape index (κ2) is 6.94. The molecule has 0 heterocycles. The Hall–Kier alpha value is -1.55. The van der Waals surface area contributed by atoms with E-state index in [-0.39, 0.29) is 5.84 Å². The summed E-state index contributed by atoms with van der Waals surface area (Å²) >= 11 is 0. The van der Waals surface area contributed by atoms with Gasteiger partial charge in [0, 0.05) is 11.1 Å². The molecule has 0 spiro atoms. The van der Waals surface area contributed by atoms with Gasteiger partial charge in [-0.15, -0.1) is 0 Å². The Bertz CT molecular complexity index is 502. The third-order valence-electron chi connectivity index (χ3n) is 4.62. The maximum absolute atomic E-state index is 7.53. The second-order valence-electron chi connectivity index (χ2n) is 6.14. The molecule has 1 fully saturated rings. The first-order chi connectivity index (χ1) is 10.0. The van der Waals surface area contributed by atoms with Gasteiger partial charge in [0.1, 0.15) is 11.6 Å². The Morgan fingerprint density at radius 3 is 2.67 bits per heavy atom. The van der Waals surface area contributed by atoms with Crippen molar-refractivity contribution < 1.29 is 9.47 Å². The molecule has 116 valence electrons. The van der Waals surface area contributed by atoms with Crippen LogP contribution in [0.2, 0.25) is 0 Å². The number of amidine groups is 1. The standard InChI is InChI=1S/C17H26N2O2/c1-11-4-6-15(8-12(11)2)21-10-14-9-13(17(18)19)5-7-16(14)20-3/h5,7,9,11-12,15H,4,6,8,10H2,1-3H3,(H3,18,19). The van der Waals surface area contributed by atoms with Crippen LogP contribution in [0.3, 0.4) is 0 Å². The number of rotatable bonds is 5. The summed E-state index contributed by atoms with van der Waals surface area (Å²) in [6.45, 7) is 5.13. The van der Waals surface area contributed by atoms with E-state index < -0.39 is 0 Å². The van der Waals surface area contributed by atoms with Crippen molar-refractivity contribution in [3.63, 3.8) is 0 Å². The monoisotopic (exact) mass is 290 g/mol. The average Bonchev–Trinajstić information content (AvgIpc) is 2.48. The van der Waals surface area contributed by atoms with Crippen molar-refractivity contribution in [2.75, 3.05) is 7.11 Å². The predicted molar refractivity (Wildman–Crippen MR) is 84.8 cm³/mol. The fourth-order valence-corrected chi connectivity index (χ4v) is 2.92. The molecule has 2 rings (SSSR count). The van der Waals surface area contributed by atoms with Gasteiger partial charge in [0.25, 0.3) is 0 Å². The van der Waals surface area contributed by atoms with Gasteiger partial charge in [-0.1, -0.05) is 13.8 Å². The number of nitrogens with two attached hydrogens (primary N) is 1. The van der Waals surface area contributed by atoms with Gasteiger partial charge < -0.3 is 15.2 Å². The SMILES string of the molecule is COc1ccc(C(=N)N)cc1COC1CCC(C)C(C)C1. The molecule has 3 N–H and O–H groups in total. The predicted octanol–water partition coefficient (Wildman–Crippen LogP) is 3.32. The molecular formula is C17H26N2O2. The Labute approximate surface area is 127 Å². The maximum Gasteiger partial charge on any atom is 0.124 e. The Kier molecular flexibility index (Phi) is 5.23. The van der Waals surface area contributed by atoms with Crippen molar-refractivity contribution in [3.8, 4) is 5.75 Å². The van der Waals surface area contributed by atoms with E-state index in [1.54, 1.807) is 13.2 Å². The summed E-state index contributed by atoms with van der Waals surface area (Å²) in [4.78, 5) is 0. The fourth-order valence-electron chi connectivity index (χ4n) is 2.92. The first-order valence-corrected chi connectivity index (χ1v) is 7.64. The van der Waals surface area contributed by atoms with Crippen LogP contribution in [-0.2, 0) is 11.3 Å². The van der Waals surface area contributed by atoms with Crippen molar-refractivity contribution in [1.82, 2.24) is 0 Å². The maximum atomic E-state index is 7.53. The lowest BCUT2D eigenvalue weighted by molar-refractivity contribution is -0.00807. The summed E-state index contributed by atoms with van der Waals surface area (Å²) in [6.07, 6.45) is 3.80. The van der Waals surface area contributed by atoms with Crippen molar-refractivity contribution in [2.45, 2.75) is 45.8 Å². The zero-order valence-corrected chi connectivity index (χ0v) is 13.2. The first kappa shape index (κ1) is 15.8. The Balaban J connectivity index is 2.02. The van der Waals surface area contributed by atoms with Crippen LogP contribution in [0.4, 0.5) is 0 Å². The molecule has 4 nitrogen and oxygen atoms in total. The highest BCUT2D eigenvalue weighted by Crippen LogP contribution is 2.32. The van der Waals surface area contributed by atoms with Crippen molar-refractivity contribution >= 4 is 5.84 Å². The zero-order chi connectivity index (χ0) is 15.4. The minimum atomic E-state index is 0.0685. The van der Waals surface area contributed by atoms with Gasteiger partial charge in [0.2, 0.25) is 0 Å². The van der Waals surface area contributed by atoms with E-state index in [1.807, 2.05) is 12.1 Å². The molecule has 0 aliphatic heterocycles. The molecule has 3 unspecified atom stereocenters. The number of hydrogen-bond donors (Lipinski definition) is 2. The van der Waals surface area contributed by atoms with Gasteiger partial charge in [0.15, 0.2) is 0 Å². The highest BCUT2D eigenvalue weighted by Gasteiger charge is 2.25. The minimum Gasteiger partial charge on any atom is -0.496 e. The van der Waals surface area contributed by atoms with Crippen LogP contribution in [0, 0.1) is 17.2 Å². The number of nitrogen functional groups attached to an aromatic ring is 1. The lowest BCUT2D eigenvalue weighted by Crippen LogP contribution is -2.26. The third kappa shape index (κ3) is 3.97. The van der Waals surface area contributed by atoms with Crippen molar-refractivity contribution in [1.29, 1.82) is 5.41 Å². The fraction of sp³-hybridized carbons (Fsp3) is 0.588. The molecule has 1 saturated carbocycles. The van der Waals surface area contributed by atoms with Gasteiger partial charge in [-0.3, -0.25) is 5.41 Å². The highest BCUT2D eigenvalue weighted by molar-refractivity contribution is 5.95. The largest absolute Gasteiger partial charge is 0.496 e. The zero-order valence-electron chi connectivity index (χ0n) is 13.2. The van der Waals surface area contributed by atoms with Crippen LogP contribution in [0.15, 0.2) is 18.2 Å². The first-order valence-electron chi connectivity index (χ1n) is 7.64. The lowest BCUT2D eigenvalue weighted by atomic mass is 9.80. The molecule has 0 bridgehead atoms. The minimum absolute atomic E-state index is 0.0685. The van der Waals surface area contributed by atoms with Crippen LogP contribution in [-0.4, -0.2) is 19.0 Å². The highest BCUT2D eigenvalue weighted by atomic mass is 16.5. The van der Waals surface area contributed by atoms with E-state index in [0.29, 0.717) is 24.2 Å². The van der Waals surface area contributed by atoms with E-state index >= 15 is 0 Å². The van der Waals surface area contributed by atoms with Gasteiger partial charge in [-0.25, -0.2) is 0 Å². The molecule has 21 heavy (non-hydrogen) atoms. The molecule has 3 atom stereocenters. The number of benzene rings is 1. The van der Waals surface area contributed by atoms with Crippen molar-refractivity contribution in [2.24, 2.45) is 17.6 Å². The Morgan fingerprint density at radius 1 is 1.29 bits per heavy atom. The number of methoxy groups -OCH3 is 1. The second-order valence-corrected chi connectivity index (χ2v) is 6.14. The molecule has 1 aliphatic carbocycles. The normalized spacial score (nSPS) is 25.6. The molecule has 1 aromatic rings. The summed E-state index contributed by atoms with van der Waals surface area (Å²) in [5.41, 5.74) is 7.21. The van der Waals surface area contributed by atoms with Gasteiger partial charge in [0.05, 0.1) is 19.8 Å². The summed E-state index contributed by atoms with van der Waals surface area (Å²) in [5.74, 6) is 2.37. The summed E-state index contributed by atoms with van der Waals surface area (Å²) in [7, 11) is 1.65. The van der Waals surface area contributed by atoms with E-state index in [0.717, 1.165) is 30.1 Å². The number of nitrogens with one attached hydrogen (secondary N) is 1. The molecule has 1 aromatic carbocycles. The van der Waals surface area contributed by atoms with Crippen LogP contribution in [0.1, 0.15) is 44.2 Å². The molecule has 0 aromatic heterocycles. The molecular weight excluding hydrogens is 264 g/mol. The number of ether oxygens (including phenoxy) is 2. The van der Waals surface area contributed by atoms with E-state index in [1.165, 1.54) is 6.42 Å². The topological polar surface area (TPSA) is 68.3 Å². The van der Waals surface area contributed by atoms with Crippen LogP contribution < -0.4 is 10.5 Å². The van der Waals surface area contributed by atoms with Crippen molar-refractivity contribution in [3.05, 3.63) is 29.3 Å². The quantitative estimate of drug-likeness (QED) is 0.645. The molecule has 0 amide bonds. The summed E-state index contributed by atoms with van der Waals surface area (Å²) in [5, 5.41) is 7.53. The summed E-state index contributed by atoms with van der Waals surface area (Å²) in [6, 6.07) is 5.53. The Morgan fingerprint density at radius 2 is 2.05 bits per heavy atom. The van der Waals surface area contributed by atoms with E-state index in [9.17, 15) is 0 Å². The average molecular weight is 290 g/mol. The van der Waals surface area contributed by atoms with Crippen LogP contribution in [0.25, 0.3) is 0 Å². The molecule has 4 heteroatoms.